The zero-order chi connectivity index (χ0) is 20.1. The van der Waals surface area contributed by atoms with Crippen LogP contribution >= 0.6 is 0 Å². The highest BCUT2D eigenvalue weighted by Gasteiger charge is 2.33. The van der Waals surface area contributed by atoms with Crippen LogP contribution in [0, 0.1) is 6.92 Å². The molecule has 0 spiro atoms. The molecule has 1 atom stereocenters. The number of aromatic hydroxyl groups is 1. The van der Waals surface area contributed by atoms with Crippen molar-refractivity contribution < 1.29 is 14.6 Å². The number of phenols is 1. The maximum absolute atomic E-state index is 12.5. The number of carbonyl (C=O) groups is 1. The van der Waals surface area contributed by atoms with Crippen molar-refractivity contribution in [3.63, 3.8) is 0 Å². The summed E-state index contributed by atoms with van der Waals surface area (Å²) in [5.41, 5.74) is 3.57. The largest absolute Gasteiger partial charge is 0.504 e. The molecular weight excluding hydrogens is 374 g/mol. The van der Waals surface area contributed by atoms with Crippen LogP contribution in [-0.2, 0) is 4.79 Å². The maximum Gasteiger partial charge on any atom is 0.226 e. The van der Waals surface area contributed by atoms with Gasteiger partial charge in [-0.1, -0.05) is 6.07 Å². The zero-order valence-corrected chi connectivity index (χ0v) is 15.7. The Labute approximate surface area is 164 Å². The number of fused-ring (bicyclic) bond motifs is 2. The summed E-state index contributed by atoms with van der Waals surface area (Å²) >= 11 is 0. The normalized spacial score (nSPS) is 15.9. The second-order valence-electron chi connectivity index (χ2n) is 6.79. The van der Waals surface area contributed by atoms with Gasteiger partial charge >= 0.3 is 0 Å². The summed E-state index contributed by atoms with van der Waals surface area (Å²) in [5.74, 6) is 1.04. The minimum atomic E-state index is -0.261. The fraction of sp³-hybridized carbons (Fsp3) is 0.211. The number of ether oxygens (including phenoxy) is 1. The van der Waals surface area contributed by atoms with E-state index in [-0.39, 0.29) is 24.0 Å². The van der Waals surface area contributed by atoms with Crippen molar-refractivity contribution in [1.82, 2.24) is 29.7 Å². The molecule has 10 nitrogen and oxygen atoms in total. The molecule has 0 saturated heterocycles. The number of hydrogen-bond acceptors (Lipinski definition) is 7. The number of anilines is 1. The van der Waals surface area contributed by atoms with Gasteiger partial charge in [0, 0.05) is 17.9 Å². The molecule has 1 amide bonds. The SMILES string of the molecule is COc1ccc(C2CC(=O)Nc3c2c(C)nn3-c2ncnc3nc[nH]c23)cc1O. The highest BCUT2D eigenvalue weighted by molar-refractivity contribution is 5.95. The van der Waals surface area contributed by atoms with E-state index in [9.17, 15) is 9.90 Å². The van der Waals surface area contributed by atoms with Crippen LogP contribution in [0.3, 0.4) is 0 Å². The zero-order valence-electron chi connectivity index (χ0n) is 15.7. The van der Waals surface area contributed by atoms with E-state index in [1.807, 2.05) is 13.0 Å². The lowest BCUT2D eigenvalue weighted by molar-refractivity contribution is -0.116. The van der Waals surface area contributed by atoms with Gasteiger partial charge < -0.3 is 20.1 Å². The fourth-order valence-corrected chi connectivity index (χ4v) is 3.82. The summed E-state index contributed by atoms with van der Waals surface area (Å²) in [5, 5.41) is 17.8. The first-order valence-corrected chi connectivity index (χ1v) is 8.97. The van der Waals surface area contributed by atoms with Crippen LogP contribution in [0.5, 0.6) is 11.5 Å². The first kappa shape index (κ1) is 17.2. The lowest BCUT2D eigenvalue weighted by Crippen LogP contribution is -2.25. The van der Waals surface area contributed by atoms with Gasteiger partial charge in [0.2, 0.25) is 5.91 Å². The summed E-state index contributed by atoms with van der Waals surface area (Å²) in [6, 6.07) is 5.16. The molecule has 1 aliphatic rings. The van der Waals surface area contributed by atoms with Gasteiger partial charge in [0.05, 0.1) is 19.1 Å². The number of aromatic nitrogens is 6. The molecule has 0 radical (unpaired) electrons. The van der Waals surface area contributed by atoms with Crippen molar-refractivity contribution in [3.05, 3.63) is 47.7 Å². The minimum Gasteiger partial charge on any atom is -0.504 e. The number of rotatable bonds is 3. The fourth-order valence-electron chi connectivity index (χ4n) is 3.82. The number of nitrogens with one attached hydrogen (secondary N) is 2. The van der Waals surface area contributed by atoms with Gasteiger partial charge in [-0.05, 0) is 24.6 Å². The van der Waals surface area contributed by atoms with Crippen LogP contribution in [-0.4, -0.2) is 47.8 Å². The Bertz CT molecular complexity index is 1260. The number of imidazole rings is 1. The summed E-state index contributed by atoms with van der Waals surface area (Å²) < 4.78 is 6.73. The highest BCUT2D eigenvalue weighted by atomic mass is 16.5. The van der Waals surface area contributed by atoms with E-state index in [0.717, 1.165) is 16.8 Å². The third-order valence-corrected chi connectivity index (χ3v) is 5.11. The van der Waals surface area contributed by atoms with Crippen molar-refractivity contribution in [1.29, 1.82) is 0 Å². The van der Waals surface area contributed by atoms with Crippen LogP contribution in [0.4, 0.5) is 5.82 Å². The molecule has 5 rings (SSSR count). The van der Waals surface area contributed by atoms with Crippen LogP contribution in [0.25, 0.3) is 17.0 Å². The maximum atomic E-state index is 12.5. The summed E-state index contributed by atoms with van der Waals surface area (Å²) in [7, 11) is 1.49. The number of nitrogens with zero attached hydrogens (tertiary/aromatic N) is 5. The molecule has 10 heteroatoms. The van der Waals surface area contributed by atoms with Crippen molar-refractivity contribution >= 4 is 22.9 Å². The number of aromatic amines is 1. The monoisotopic (exact) mass is 391 g/mol. The van der Waals surface area contributed by atoms with E-state index >= 15 is 0 Å². The van der Waals surface area contributed by atoms with Crippen LogP contribution in [0.2, 0.25) is 0 Å². The lowest BCUT2D eigenvalue weighted by Gasteiger charge is -2.24. The Balaban J connectivity index is 1.69. The van der Waals surface area contributed by atoms with Crippen LogP contribution < -0.4 is 10.1 Å². The molecule has 1 aromatic carbocycles. The van der Waals surface area contributed by atoms with E-state index in [4.69, 9.17) is 4.74 Å². The molecule has 0 saturated carbocycles. The lowest BCUT2D eigenvalue weighted by atomic mass is 9.85. The summed E-state index contributed by atoms with van der Waals surface area (Å²) in [6.45, 7) is 1.88. The average Bonchev–Trinajstić information content (AvgIpc) is 3.32. The van der Waals surface area contributed by atoms with Gasteiger partial charge in [0.25, 0.3) is 0 Å². The molecule has 146 valence electrons. The number of H-pyrrole nitrogens is 1. The van der Waals surface area contributed by atoms with Gasteiger partial charge in [0.15, 0.2) is 23.0 Å². The second-order valence-corrected chi connectivity index (χ2v) is 6.79. The third kappa shape index (κ3) is 2.60. The van der Waals surface area contributed by atoms with Crippen LogP contribution in [0.1, 0.15) is 29.2 Å². The third-order valence-electron chi connectivity index (χ3n) is 5.11. The van der Waals surface area contributed by atoms with Gasteiger partial charge in [-0.3, -0.25) is 4.79 Å². The summed E-state index contributed by atoms with van der Waals surface area (Å²) in [6.07, 6.45) is 3.19. The number of hydrogen-bond donors (Lipinski definition) is 3. The predicted molar refractivity (Wildman–Crippen MR) is 103 cm³/mol. The van der Waals surface area contributed by atoms with Gasteiger partial charge in [-0.2, -0.15) is 9.78 Å². The van der Waals surface area contributed by atoms with Crippen molar-refractivity contribution in [2.45, 2.75) is 19.3 Å². The number of aryl methyl sites for hydroxylation is 1. The van der Waals surface area contributed by atoms with Crippen molar-refractivity contribution in [2.24, 2.45) is 0 Å². The van der Waals surface area contributed by atoms with E-state index in [2.05, 4.69) is 30.4 Å². The Hall–Kier alpha value is -3.95. The molecule has 1 aliphatic heterocycles. The predicted octanol–water partition coefficient (Wildman–Crippen LogP) is 2.04. The number of amides is 1. The van der Waals surface area contributed by atoms with E-state index in [0.29, 0.717) is 28.5 Å². The molecule has 1 unspecified atom stereocenters. The minimum absolute atomic E-state index is 0.0255. The number of carbonyl (C=O) groups excluding carboxylic acids is 1. The molecule has 29 heavy (non-hydrogen) atoms. The average molecular weight is 391 g/mol. The standard InChI is InChI=1S/C19H17N7O3/c1-9-15-11(10-3-4-13(29-2)12(27)5-10)6-14(28)24-18(15)26(25-9)19-16-17(21-7-20-16)22-8-23-19/h3-5,7-8,11,27H,6H2,1-2H3,(H,24,28)(H,20,21,22,23). The molecule has 0 fully saturated rings. The van der Waals surface area contributed by atoms with Gasteiger partial charge in [-0.25, -0.2) is 15.0 Å². The smallest absolute Gasteiger partial charge is 0.226 e. The van der Waals surface area contributed by atoms with E-state index in [1.54, 1.807) is 16.8 Å². The Morgan fingerprint density at radius 2 is 2.14 bits per heavy atom. The Kier molecular flexibility index (Phi) is 3.73. The quantitative estimate of drug-likeness (QED) is 0.487. The molecule has 0 aliphatic carbocycles. The number of benzene rings is 1. The number of phenolic OH excluding ortho intramolecular Hbond substituents is 1. The van der Waals surface area contributed by atoms with Crippen molar-refractivity contribution in [2.75, 3.05) is 12.4 Å². The first-order valence-electron chi connectivity index (χ1n) is 8.97. The number of methoxy groups -OCH3 is 1. The van der Waals surface area contributed by atoms with Gasteiger partial charge in [-0.15, -0.1) is 0 Å². The molecule has 3 N–H and O–H groups in total. The molecule has 0 bridgehead atoms. The summed E-state index contributed by atoms with van der Waals surface area (Å²) in [4.78, 5) is 28.2. The van der Waals surface area contributed by atoms with Gasteiger partial charge in [0.1, 0.15) is 17.7 Å². The van der Waals surface area contributed by atoms with E-state index < -0.39 is 0 Å². The molecule has 4 heterocycles. The highest BCUT2D eigenvalue weighted by Crippen LogP contribution is 2.42. The topological polar surface area (TPSA) is 131 Å². The van der Waals surface area contributed by atoms with E-state index in [1.165, 1.54) is 19.8 Å². The molecular formula is C19H17N7O3. The van der Waals surface area contributed by atoms with Crippen molar-refractivity contribution in [3.8, 4) is 17.3 Å². The first-order chi connectivity index (χ1) is 14.1. The molecule has 3 aromatic heterocycles. The van der Waals surface area contributed by atoms with Crippen LogP contribution in [0.15, 0.2) is 30.9 Å². The Morgan fingerprint density at radius 3 is 2.93 bits per heavy atom. The second kappa shape index (κ2) is 6.30. The Morgan fingerprint density at radius 1 is 1.28 bits per heavy atom. The molecule has 4 aromatic rings.